The van der Waals surface area contributed by atoms with Crippen LogP contribution in [0.15, 0.2) is 71.8 Å². The average molecular weight is 531 g/mol. The van der Waals surface area contributed by atoms with Gasteiger partial charge in [-0.3, -0.25) is 29.5 Å². The number of Topliss-reactive ketones (excluding diaryl/α,β-unsaturated/α-hetero) is 1. The topological polar surface area (TPSA) is 122 Å². The Hall–Kier alpha value is -4.57. The van der Waals surface area contributed by atoms with Crippen LogP contribution in [0, 0.1) is 22.0 Å². The first-order valence-corrected chi connectivity index (χ1v) is 12.1. The zero-order chi connectivity index (χ0) is 26.7. The second-order valence-corrected chi connectivity index (χ2v) is 9.63. The number of carbonyl (C=O) groups is 3. The Labute approximate surface area is 221 Å². The Morgan fingerprint density at radius 2 is 1.74 bits per heavy atom. The molecule has 4 atom stereocenters. The first kappa shape index (κ1) is 23.8. The van der Waals surface area contributed by atoms with Crippen LogP contribution in [0.2, 0.25) is 5.02 Å². The van der Waals surface area contributed by atoms with Gasteiger partial charge in [0.15, 0.2) is 5.78 Å². The number of anilines is 1. The second kappa shape index (κ2) is 8.77. The fourth-order valence-electron chi connectivity index (χ4n) is 5.66. The number of rotatable bonds is 5. The van der Waals surface area contributed by atoms with Gasteiger partial charge in [0.05, 0.1) is 36.1 Å². The van der Waals surface area contributed by atoms with Crippen molar-refractivity contribution < 1.29 is 24.0 Å². The number of ether oxygens (including phenoxy) is 1. The Kier molecular flexibility index (Phi) is 5.50. The van der Waals surface area contributed by atoms with Gasteiger partial charge in [-0.15, -0.1) is 0 Å². The monoisotopic (exact) mass is 530 g/mol. The van der Waals surface area contributed by atoms with E-state index in [9.17, 15) is 24.5 Å². The molecule has 6 rings (SSSR count). The Balaban J connectivity index is 1.51. The Bertz CT molecular complexity index is 1560. The number of hydrogen-bond donors (Lipinski definition) is 0. The Morgan fingerprint density at radius 3 is 2.45 bits per heavy atom. The van der Waals surface area contributed by atoms with Gasteiger partial charge < -0.3 is 4.74 Å². The number of benzene rings is 3. The van der Waals surface area contributed by atoms with E-state index in [1.807, 2.05) is 24.3 Å². The molecule has 0 unspecified atom stereocenters. The van der Waals surface area contributed by atoms with Gasteiger partial charge in [-0.1, -0.05) is 35.9 Å². The molecule has 2 fully saturated rings. The van der Waals surface area contributed by atoms with Gasteiger partial charge in [0.1, 0.15) is 17.5 Å². The molecule has 3 aliphatic rings. The number of non-ortho nitro benzene ring substituents is 1. The van der Waals surface area contributed by atoms with Crippen molar-refractivity contribution in [1.82, 2.24) is 5.01 Å². The molecule has 3 aromatic carbocycles. The van der Waals surface area contributed by atoms with Crippen LogP contribution in [0.5, 0.6) is 5.75 Å². The molecular formula is C27H19ClN4O6. The van der Waals surface area contributed by atoms with Crippen molar-refractivity contribution in [3.63, 3.8) is 0 Å². The van der Waals surface area contributed by atoms with E-state index in [4.69, 9.17) is 16.3 Å². The number of amides is 2. The van der Waals surface area contributed by atoms with Gasteiger partial charge in [-0.05, 0) is 41.5 Å². The summed E-state index contributed by atoms with van der Waals surface area (Å²) in [6, 6.07) is 15.6. The largest absolute Gasteiger partial charge is 0.495 e. The maximum absolute atomic E-state index is 14.0. The first-order valence-electron chi connectivity index (χ1n) is 11.7. The summed E-state index contributed by atoms with van der Waals surface area (Å²) >= 11 is 6.01. The summed E-state index contributed by atoms with van der Waals surface area (Å²) < 4.78 is 5.35. The van der Waals surface area contributed by atoms with E-state index in [1.54, 1.807) is 35.5 Å². The van der Waals surface area contributed by atoms with E-state index in [2.05, 4.69) is 5.10 Å². The van der Waals surface area contributed by atoms with Crippen LogP contribution >= 0.6 is 11.6 Å². The van der Waals surface area contributed by atoms with Crippen molar-refractivity contribution in [2.24, 2.45) is 16.9 Å². The normalized spacial score (nSPS) is 23.2. The third kappa shape index (κ3) is 3.41. The van der Waals surface area contributed by atoms with Crippen LogP contribution in [0.3, 0.4) is 0 Å². The average Bonchev–Trinajstić information content (AvgIpc) is 3.40. The molecule has 2 amide bonds. The van der Waals surface area contributed by atoms with E-state index in [0.717, 1.165) is 22.1 Å². The number of nitrogens with zero attached hydrogens (tertiary/aromatic N) is 4. The summed E-state index contributed by atoms with van der Waals surface area (Å²) in [5.74, 6) is -3.52. The third-order valence-corrected chi connectivity index (χ3v) is 7.56. The lowest BCUT2D eigenvalue weighted by Gasteiger charge is -2.33. The lowest BCUT2D eigenvalue weighted by molar-refractivity contribution is -0.384. The molecule has 2 saturated heterocycles. The van der Waals surface area contributed by atoms with Crippen molar-refractivity contribution >= 4 is 46.8 Å². The van der Waals surface area contributed by atoms with E-state index in [0.29, 0.717) is 10.6 Å². The zero-order valence-electron chi connectivity index (χ0n) is 19.9. The van der Waals surface area contributed by atoms with Crippen LogP contribution in [-0.4, -0.2) is 46.9 Å². The minimum Gasteiger partial charge on any atom is -0.495 e. The van der Waals surface area contributed by atoms with Crippen LogP contribution in [0.1, 0.15) is 27.5 Å². The minimum absolute atomic E-state index is 0.0389. The number of halogens is 1. The van der Waals surface area contributed by atoms with E-state index >= 15 is 0 Å². The molecule has 0 saturated carbocycles. The lowest BCUT2D eigenvalue weighted by atomic mass is 9.83. The number of hydrazone groups is 1. The summed E-state index contributed by atoms with van der Waals surface area (Å²) in [6.07, 6.45) is 1.62. The molecule has 0 radical (unpaired) electrons. The maximum Gasteiger partial charge on any atom is 0.271 e. The summed E-state index contributed by atoms with van der Waals surface area (Å²) in [4.78, 5) is 53.7. The summed E-state index contributed by atoms with van der Waals surface area (Å²) in [6.45, 7) is 0. The van der Waals surface area contributed by atoms with Gasteiger partial charge in [-0.25, -0.2) is 4.90 Å². The van der Waals surface area contributed by atoms with Crippen LogP contribution < -0.4 is 9.64 Å². The second-order valence-electron chi connectivity index (χ2n) is 9.19. The van der Waals surface area contributed by atoms with Crippen LogP contribution in [-0.2, 0) is 9.59 Å². The number of nitro benzene ring substituents is 1. The summed E-state index contributed by atoms with van der Waals surface area (Å²) in [5, 5.41) is 18.0. The molecule has 11 heteroatoms. The van der Waals surface area contributed by atoms with Crippen molar-refractivity contribution in [2.75, 3.05) is 12.0 Å². The third-order valence-electron chi connectivity index (χ3n) is 7.30. The molecule has 38 heavy (non-hydrogen) atoms. The fourth-order valence-corrected chi connectivity index (χ4v) is 5.78. The molecule has 3 aliphatic heterocycles. The van der Waals surface area contributed by atoms with Crippen molar-refractivity contribution in [2.45, 2.75) is 12.1 Å². The highest BCUT2D eigenvalue weighted by Gasteiger charge is 2.65. The summed E-state index contributed by atoms with van der Waals surface area (Å²) in [5.41, 5.74) is 1.51. The quantitative estimate of drug-likeness (QED) is 0.211. The number of ketones is 1. The molecule has 0 spiro atoms. The predicted octanol–water partition coefficient (Wildman–Crippen LogP) is 4.02. The smallest absolute Gasteiger partial charge is 0.271 e. The van der Waals surface area contributed by atoms with Gasteiger partial charge in [0.2, 0.25) is 11.8 Å². The molecule has 0 aromatic heterocycles. The van der Waals surface area contributed by atoms with Gasteiger partial charge in [-0.2, -0.15) is 5.10 Å². The van der Waals surface area contributed by atoms with Gasteiger partial charge in [0, 0.05) is 22.7 Å². The molecular weight excluding hydrogens is 512 g/mol. The highest BCUT2D eigenvalue weighted by atomic mass is 35.5. The van der Waals surface area contributed by atoms with Crippen molar-refractivity contribution in [1.29, 1.82) is 0 Å². The number of fused-ring (bicyclic) bond motifs is 5. The van der Waals surface area contributed by atoms with Gasteiger partial charge in [0.25, 0.3) is 5.69 Å². The van der Waals surface area contributed by atoms with E-state index in [-0.39, 0.29) is 22.9 Å². The molecule has 10 nitrogen and oxygen atoms in total. The number of hydrogen-bond acceptors (Lipinski definition) is 8. The first-order chi connectivity index (χ1) is 18.3. The number of carbonyl (C=O) groups excluding carboxylic acids is 3. The van der Waals surface area contributed by atoms with Crippen molar-refractivity contribution in [3.05, 3.63) is 98.6 Å². The van der Waals surface area contributed by atoms with E-state index in [1.165, 1.54) is 19.2 Å². The van der Waals surface area contributed by atoms with E-state index < -0.39 is 40.7 Å². The molecule has 3 aromatic rings. The number of imide groups is 1. The minimum atomic E-state index is -1.08. The molecule has 0 aliphatic carbocycles. The molecule has 0 bridgehead atoms. The Morgan fingerprint density at radius 1 is 1.03 bits per heavy atom. The van der Waals surface area contributed by atoms with Crippen molar-refractivity contribution in [3.8, 4) is 5.75 Å². The fraction of sp³-hybridized carbons (Fsp3) is 0.185. The van der Waals surface area contributed by atoms with Gasteiger partial charge >= 0.3 is 0 Å². The standard InChI is InChI=1S/C27H19ClN4O6/c1-38-20-11-10-17(32(36)37)12-19(20)30-26(34)21-22(27(30)35)24(25(33)14-6-8-16(28)9-7-14)31-23(21)18-5-3-2-4-15(18)13-29-31/h2-13,21-24H,1H3/t21-,22+,23+,24-/m0/s1. The summed E-state index contributed by atoms with van der Waals surface area (Å²) in [7, 11) is 1.34. The zero-order valence-corrected chi connectivity index (χ0v) is 20.6. The lowest BCUT2D eigenvalue weighted by Crippen LogP contribution is -2.44. The molecule has 3 heterocycles. The molecule has 190 valence electrons. The number of methoxy groups -OCH3 is 1. The highest BCUT2D eigenvalue weighted by Crippen LogP contribution is 2.54. The highest BCUT2D eigenvalue weighted by molar-refractivity contribution is 6.30. The molecule has 0 N–H and O–H groups in total. The van der Waals surface area contributed by atoms with Crippen LogP contribution in [0.4, 0.5) is 11.4 Å². The SMILES string of the molecule is COc1ccc([N+](=O)[O-])cc1N1C(=O)[C@@H]2[C@H](C1=O)[C@H]1c3ccccc3C=NN1[C@@H]2C(=O)c1ccc(Cl)cc1. The van der Waals surface area contributed by atoms with Crippen LogP contribution in [0.25, 0.3) is 0 Å². The predicted molar refractivity (Wildman–Crippen MR) is 137 cm³/mol. The number of nitro groups is 1. The maximum atomic E-state index is 14.0.